The summed E-state index contributed by atoms with van der Waals surface area (Å²) < 4.78 is 7.95. The minimum absolute atomic E-state index is 0.0190. The molecule has 0 radical (unpaired) electrons. The number of thioether (sulfide) groups is 1. The average molecular weight is 408 g/mol. The second-order valence-corrected chi connectivity index (χ2v) is 8.32. The van der Waals surface area contributed by atoms with Gasteiger partial charge in [0.15, 0.2) is 5.16 Å². The molecule has 1 saturated heterocycles. The lowest BCUT2D eigenvalue weighted by atomic mass is 10.1. The summed E-state index contributed by atoms with van der Waals surface area (Å²) in [7, 11) is 0. The lowest BCUT2D eigenvalue weighted by molar-refractivity contribution is -0.119. The number of halogens is 1. The van der Waals surface area contributed by atoms with Gasteiger partial charge in [0, 0.05) is 17.3 Å². The monoisotopic (exact) mass is 407 g/mol. The van der Waals surface area contributed by atoms with Crippen molar-refractivity contribution in [1.82, 2.24) is 14.9 Å². The Morgan fingerprint density at radius 3 is 3.00 bits per heavy atom. The summed E-state index contributed by atoms with van der Waals surface area (Å²) in [6.07, 6.45) is 2.44. The maximum absolute atomic E-state index is 12.4. The van der Waals surface area contributed by atoms with Gasteiger partial charge in [-0.05, 0) is 51.3 Å². The van der Waals surface area contributed by atoms with E-state index in [1.807, 2.05) is 38.1 Å². The normalized spacial score (nSPS) is 17.9. The Morgan fingerprint density at radius 2 is 2.30 bits per heavy atom. The molecule has 0 bridgehead atoms. The lowest BCUT2D eigenvalue weighted by Gasteiger charge is -2.16. The van der Waals surface area contributed by atoms with E-state index in [2.05, 4.69) is 21.8 Å². The predicted molar refractivity (Wildman–Crippen MR) is 109 cm³/mol. The molecule has 5 nitrogen and oxygen atoms in total. The molecular weight excluding hydrogens is 382 g/mol. The van der Waals surface area contributed by atoms with Crippen LogP contribution in [0.2, 0.25) is 5.02 Å². The van der Waals surface area contributed by atoms with Crippen molar-refractivity contribution in [3.05, 3.63) is 46.2 Å². The molecule has 1 fully saturated rings. The number of carbonyl (C=O) groups is 1. The van der Waals surface area contributed by atoms with Gasteiger partial charge < -0.3 is 14.6 Å². The largest absolute Gasteiger partial charge is 0.376 e. The Labute approximate surface area is 169 Å². The number of nitrogens with zero attached hydrogens (tertiary/aromatic N) is 2. The van der Waals surface area contributed by atoms with Crippen LogP contribution in [0.3, 0.4) is 0 Å². The van der Waals surface area contributed by atoms with Crippen LogP contribution in [0.1, 0.15) is 42.8 Å². The Balaban J connectivity index is 1.59. The molecule has 0 spiro atoms. The van der Waals surface area contributed by atoms with Crippen molar-refractivity contribution in [2.75, 3.05) is 12.4 Å². The quantitative estimate of drug-likeness (QED) is 0.695. The molecule has 0 saturated carbocycles. The number of rotatable bonds is 7. The Hall–Kier alpha value is -1.50. The third-order valence-electron chi connectivity index (χ3n) is 4.89. The number of carbonyl (C=O) groups excluding carboxylic acids is 1. The summed E-state index contributed by atoms with van der Waals surface area (Å²) >= 11 is 7.50. The minimum atomic E-state index is -0.0908. The fourth-order valence-electron chi connectivity index (χ4n) is 3.21. The van der Waals surface area contributed by atoms with Crippen molar-refractivity contribution in [2.24, 2.45) is 0 Å². The number of imidazole rings is 1. The summed E-state index contributed by atoms with van der Waals surface area (Å²) in [6, 6.07) is 7.47. The molecule has 146 valence electrons. The molecule has 27 heavy (non-hydrogen) atoms. The highest BCUT2D eigenvalue weighted by Crippen LogP contribution is 2.24. The van der Waals surface area contributed by atoms with E-state index in [4.69, 9.17) is 16.3 Å². The predicted octanol–water partition coefficient (Wildman–Crippen LogP) is 4.30. The van der Waals surface area contributed by atoms with Crippen molar-refractivity contribution in [3.8, 4) is 0 Å². The van der Waals surface area contributed by atoms with Gasteiger partial charge in [-0.1, -0.05) is 35.5 Å². The van der Waals surface area contributed by atoms with Crippen LogP contribution in [0, 0.1) is 13.8 Å². The number of ether oxygens (including phenoxy) is 1. The Kier molecular flexibility index (Phi) is 6.84. The second kappa shape index (κ2) is 9.13. The number of amides is 1. The first-order valence-corrected chi connectivity index (χ1v) is 10.6. The van der Waals surface area contributed by atoms with Crippen molar-refractivity contribution in [2.45, 2.75) is 57.5 Å². The first-order chi connectivity index (χ1) is 12.9. The van der Waals surface area contributed by atoms with E-state index in [0.29, 0.717) is 10.8 Å². The van der Waals surface area contributed by atoms with Crippen LogP contribution in [-0.2, 0) is 16.1 Å². The standard InChI is InChI=1S/C20H26ClN3O2S/c1-13-15(3)24(11-18-8-5-9-26-18)20(23-13)27-12-19(25)22-14(2)16-6-4-7-17(21)10-16/h4,6-7,10,14,18H,5,8-9,11-12H2,1-3H3,(H,22,25). The number of benzene rings is 1. The number of aromatic nitrogens is 2. The van der Waals surface area contributed by atoms with E-state index in [0.717, 1.165) is 48.1 Å². The van der Waals surface area contributed by atoms with Gasteiger partial charge in [0.25, 0.3) is 0 Å². The van der Waals surface area contributed by atoms with Gasteiger partial charge in [0.2, 0.25) is 5.91 Å². The first-order valence-electron chi connectivity index (χ1n) is 9.27. The SMILES string of the molecule is Cc1nc(SCC(=O)NC(C)c2cccc(Cl)c2)n(CC2CCCO2)c1C. The van der Waals surface area contributed by atoms with E-state index in [1.54, 1.807) is 0 Å². The second-order valence-electron chi connectivity index (χ2n) is 6.94. The number of aryl methyl sites for hydroxylation is 1. The fourth-order valence-corrected chi connectivity index (χ4v) is 4.32. The van der Waals surface area contributed by atoms with Gasteiger partial charge in [-0.15, -0.1) is 0 Å². The van der Waals surface area contributed by atoms with E-state index < -0.39 is 0 Å². The van der Waals surface area contributed by atoms with Crippen molar-refractivity contribution >= 4 is 29.3 Å². The van der Waals surface area contributed by atoms with Crippen molar-refractivity contribution in [3.63, 3.8) is 0 Å². The number of nitrogens with one attached hydrogen (secondary N) is 1. The van der Waals surface area contributed by atoms with Crippen molar-refractivity contribution < 1.29 is 9.53 Å². The van der Waals surface area contributed by atoms with E-state index in [9.17, 15) is 4.79 Å². The number of hydrogen-bond acceptors (Lipinski definition) is 4. The summed E-state index contributed by atoms with van der Waals surface area (Å²) in [5.74, 6) is 0.307. The van der Waals surface area contributed by atoms with E-state index >= 15 is 0 Å². The first kappa shape index (κ1) is 20.2. The molecule has 1 aliphatic rings. The fraction of sp³-hybridized carbons (Fsp3) is 0.500. The molecule has 2 atom stereocenters. The molecule has 7 heteroatoms. The zero-order chi connectivity index (χ0) is 19.4. The van der Waals surface area contributed by atoms with Crippen molar-refractivity contribution in [1.29, 1.82) is 0 Å². The zero-order valence-electron chi connectivity index (χ0n) is 16.0. The zero-order valence-corrected chi connectivity index (χ0v) is 17.6. The highest BCUT2D eigenvalue weighted by atomic mass is 35.5. The summed E-state index contributed by atoms with van der Waals surface area (Å²) in [4.78, 5) is 17.1. The van der Waals surface area contributed by atoms with Crippen LogP contribution in [-0.4, -0.2) is 33.9 Å². The topological polar surface area (TPSA) is 56.2 Å². The van der Waals surface area contributed by atoms with Crippen LogP contribution >= 0.6 is 23.4 Å². The van der Waals surface area contributed by atoms with Gasteiger partial charge in [-0.2, -0.15) is 0 Å². The molecular formula is C20H26ClN3O2S. The van der Waals surface area contributed by atoms with Gasteiger partial charge >= 0.3 is 0 Å². The molecule has 3 rings (SSSR count). The van der Waals surface area contributed by atoms with Crippen LogP contribution in [0.15, 0.2) is 29.4 Å². The molecule has 2 heterocycles. The maximum Gasteiger partial charge on any atom is 0.230 e. The van der Waals surface area contributed by atoms with Crippen LogP contribution in [0.4, 0.5) is 0 Å². The molecule has 2 unspecified atom stereocenters. The highest BCUT2D eigenvalue weighted by molar-refractivity contribution is 7.99. The number of hydrogen-bond donors (Lipinski definition) is 1. The van der Waals surface area contributed by atoms with E-state index in [-0.39, 0.29) is 18.1 Å². The van der Waals surface area contributed by atoms with E-state index in [1.165, 1.54) is 11.8 Å². The third-order valence-corrected chi connectivity index (χ3v) is 6.10. The molecule has 1 aromatic heterocycles. The lowest BCUT2D eigenvalue weighted by Crippen LogP contribution is -2.28. The van der Waals surface area contributed by atoms with Crippen LogP contribution in [0.5, 0.6) is 0 Å². The van der Waals surface area contributed by atoms with Gasteiger partial charge in [0.05, 0.1) is 30.1 Å². The van der Waals surface area contributed by atoms with Gasteiger partial charge in [-0.3, -0.25) is 4.79 Å². The molecule has 1 N–H and O–H groups in total. The summed E-state index contributed by atoms with van der Waals surface area (Å²) in [6.45, 7) is 7.68. The highest BCUT2D eigenvalue weighted by Gasteiger charge is 2.21. The minimum Gasteiger partial charge on any atom is -0.376 e. The van der Waals surface area contributed by atoms with Crippen LogP contribution < -0.4 is 5.32 Å². The molecule has 1 amide bonds. The van der Waals surface area contributed by atoms with Gasteiger partial charge in [0.1, 0.15) is 0 Å². The molecule has 0 aliphatic carbocycles. The molecule has 2 aromatic rings. The molecule has 1 aromatic carbocycles. The summed E-state index contributed by atoms with van der Waals surface area (Å²) in [5.41, 5.74) is 3.14. The van der Waals surface area contributed by atoms with Crippen LogP contribution in [0.25, 0.3) is 0 Å². The smallest absolute Gasteiger partial charge is 0.230 e. The van der Waals surface area contributed by atoms with Gasteiger partial charge in [-0.25, -0.2) is 4.98 Å². The average Bonchev–Trinajstić information content (AvgIpc) is 3.24. The summed E-state index contributed by atoms with van der Waals surface area (Å²) in [5, 5.41) is 4.58. The Morgan fingerprint density at radius 1 is 1.48 bits per heavy atom. The Bertz CT molecular complexity index is 803. The molecule has 1 aliphatic heterocycles. The maximum atomic E-state index is 12.4. The third kappa shape index (κ3) is 5.27.